The third-order valence-electron chi connectivity index (χ3n) is 5.49. The van der Waals surface area contributed by atoms with Crippen LogP contribution < -0.4 is 19.2 Å². The topological polar surface area (TPSA) is 97.3 Å². The minimum absolute atomic E-state index is 0.0893. The number of carbonyl (C=O) groups excluding carboxylic acids is 1. The molecule has 9 heteroatoms. The van der Waals surface area contributed by atoms with Crippen LogP contribution in [0.1, 0.15) is 37.8 Å². The first-order chi connectivity index (χ1) is 18.3. The monoisotopic (exact) mass is 535 g/mol. The molecule has 3 aromatic carbocycles. The Hall–Kier alpha value is -4.11. The molecule has 0 fully saturated rings. The summed E-state index contributed by atoms with van der Waals surface area (Å²) in [4.78, 5) is 12.9. The lowest BCUT2D eigenvalue weighted by molar-refractivity contribution is -0.119. The van der Waals surface area contributed by atoms with Crippen LogP contribution in [0.4, 0.5) is 5.69 Å². The number of benzene rings is 3. The van der Waals surface area contributed by atoms with Gasteiger partial charge in [0.15, 0.2) is 11.5 Å². The Kier molecular flexibility index (Phi) is 10.1. The fourth-order valence-electron chi connectivity index (χ4n) is 3.55. The quantitative estimate of drug-likeness (QED) is 0.186. The lowest BCUT2D eigenvalue weighted by atomic mass is 10.0. The molecule has 38 heavy (non-hydrogen) atoms. The molecule has 3 aromatic rings. The van der Waals surface area contributed by atoms with Gasteiger partial charge in [-0.2, -0.15) is 5.10 Å². The summed E-state index contributed by atoms with van der Waals surface area (Å²) in [6, 6.07) is 20.4. The molecule has 1 N–H and O–H groups in total. The molecule has 1 amide bonds. The highest BCUT2D eigenvalue weighted by Gasteiger charge is 2.27. The van der Waals surface area contributed by atoms with E-state index < -0.39 is 22.5 Å². The predicted octanol–water partition coefficient (Wildman–Crippen LogP) is 5.12. The molecule has 0 aromatic heterocycles. The summed E-state index contributed by atoms with van der Waals surface area (Å²) in [6.07, 6.45) is 3.09. The van der Waals surface area contributed by atoms with Gasteiger partial charge < -0.3 is 9.47 Å². The van der Waals surface area contributed by atoms with Crippen molar-refractivity contribution in [1.29, 1.82) is 0 Å². The smallest absolute Gasteiger partial charge is 0.264 e. The van der Waals surface area contributed by atoms with Crippen molar-refractivity contribution < 1.29 is 22.7 Å². The molecule has 200 valence electrons. The van der Waals surface area contributed by atoms with Crippen LogP contribution in [0.25, 0.3) is 0 Å². The summed E-state index contributed by atoms with van der Waals surface area (Å²) in [7, 11) is -4.00. The molecule has 0 atom stereocenters. The average molecular weight is 536 g/mol. The SMILES string of the molecule is C=CCOc1ccc(C=NNC(=O)CN(c2ccc(C(C)C)cc2)S(=O)(=O)c2ccccc2)cc1OCC. The summed E-state index contributed by atoms with van der Waals surface area (Å²) in [5.41, 5.74) is 4.53. The lowest BCUT2D eigenvalue weighted by Crippen LogP contribution is -2.39. The maximum Gasteiger partial charge on any atom is 0.264 e. The van der Waals surface area contributed by atoms with Gasteiger partial charge in [-0.1, -0.05) is 56.8 Å². The molecule has 0 saturated heterocycles. The van der Waals surface area contributed by atoms with E-state index in [1.807, 2.05) is 19.1 Å². The number of hydrogen-bond acceptors (Lipinski definition) is 6. The minimum atomic E-state index is -4.00. The first-order valence-electron chi connectivity index (χ1n) is 12.3. The number of ether oxygens (including phenoxy) is 2. The van der Waals surface area contributed by atoms with E-state index in [1.54, 1.807) is 54.6 Å². The number of sulfonamides is 1. The molecule has 0 aliphatic rings. The molecule has 8 nitrogen and oxygen atoms in total. The van der Waals surface area contributed by atoms with Gasteiger partial charge in [-0.05, 0) is 66.4 Å². The van der Waals surface area contributed by atoms with E-state index in [4.69, 9.17) is 9.47 Å². The van der Waals surface area contributed by atoms with Gasteiger partial charge in [0.05, 0.1) is 23.4 Å². The van der Waals surface area contributed by atoms with Gasteiger partial charge in [0, 0.05) is 0 Å². The molecule has 0 radical (unpaired) electrons. The zero-order valence-electron chi connectivity index (χ0n) is 21.8. The number of nitrogens with one attached hydrogen (secondary N) is 1. The van der Waals surface area contributed by atoms with Gasteiger partial charge in [-0.3, -0.25) is 9.10 Å². The van der Waals surface area contributed by atoms with Crippen LogP contribution in [0.2, 0.25) is 0 Å². The van der Waals surface area contributed by atoms with Gasteiger partial charge in [0.1, 0.15) is 13.2 Å². The Morgan fingerprint density at radius 3 is 2.37 bits per heavy atom. The highest BCUT2D eigenvalue weighted by Crippen LogP contribution is 2.28. The van der Waals surface area contributed by atoms with Gasteiger partial charge in [0.25, 0.3) is 15.9 Å². The molecule has 0 unspecified atom stereocenters. The number of carbonyl (C=O) groups is 1. The fraction of sp³-hybridized carbons (Fsp3) is 0.241. The third kappa shape index (κ3) is 7.45. The standard InChI is InChI=1S/C29H33N3O5S/c1-5-18-37-27-17-12-23(19-28(27)36-6-2)20-30-31-29(33)21-32(25-15-13-24(14-16-25)22(3)4)38(34,35)26-10-8-7-9-11-26/h5,7-17,19-20,22H,1,6,18,21H2,2-4H3,(H,31,33). The Bertz CT molecular complexity index is 1350. The molecular weight excluding hydrogens is 502 g/mol. The molecule has 0 aliphatic heterocycles. The predicted molar refractivity (Wildman–Crippen MR) is 151 cm³/mol. The van der Waals surface area contributed by atoms with Crippen molar-refractivity contribution in [3.05, 3.63) is 96.6 Å². The Balaban J connectivity index is 1.79. The van der Waals surface area contributed by atoms with Crippen LogP contribution in [0.3, 0.4) is 0 Å². The molecular formula is C29H33N3O5S. The minimum Gasteiger partial charge on any atom is -0.490 e. The van der Waals surface area contributed by atoms with Crippen molar-refractivity contribution in [3.63, 3.8) is 0 Å². The fourth-order valence-corrected chi connectivity index (χ4v) is 4.99. The number of anilines is 1. The maximum absolute atomic E-state index is 13.5. The number of nitrogens with zero attached hydrogens (tertiary/aromatic N) is 2. The Morgan fingerprint density at radius 1 is 1.03 bits per heavy atom. The number of hydrazone groups is 1. The highest BCUT2D eigenvalue weighted by atomic mass is 32.2. The molecule has 3 rings (SSSR count). The van der Waals surface area contributed by atoms with E-state index in [0.29, 0.717) is 36.0 Å². The summed E-state index contributed by atoms with van der Waals surface area (Å²) in [5, 5.41) is 4.01. The molecule has 0 spiro atoms. The van der Waals surface area contributed by atoms with Crippen LogP contribution in [-0.2, 0) is 14.8 Å². The van der Waals surface area contributed by atoms with Crippen LogP contribution in [0.5, 0.6) is 11.5 Å². The summed E-state index contributed by atoms with van der Waals surface area (Å²) in [6.45, 7) is 9.95. The Labute approximate surface area is 224 Å². The van der Waals surface area contributed by atoms with Crippen molar-refractivity contribution in [3.8, 4) is 11.5 Å². The van der Waals surface area contributed by atoms with E-state index in [9.17, 15) is 13.2 Å². The van der Waals surface area contributed by atoms with Gasteiger partial charge in [0.2, 0.25) is 0 Å². The van der Waals surface area contributed by atoms with E-state index >= 15 is 0 Å². The van der Waals surface area contributed by atoms with Crippen molar-refractivity contribution in [2.24, 2.45) is 5.10 Å². The van der Waals surface area contributed by atoms with Crippen LogP contribution in [0.15, 0.2) is 95.4 Å². The third-order valence-corrected chi connectivity index (χ3v) is 7.28. The largest absolute Gasteiger partial charge is 0.490 e. The zero-order chi connectivity index (χ0) is 27.5. The van der Waals surface area contributed by atoms with Crippen LogP contribution in [-0.4, -0.2) is 40.3 Å². The van der Waals surface area contributed by atoms with Gasteiger partial charge >= 0.3 is 0 Å². The second kappa shape index (κ2) is 13.4. The number of hydrogen-bond donors (Lipinski definition) is 1. The second-order valence-electron chi connectivity index (χ2n) is 8.60. The average Bonchev–Trinajstić information content (AvgIpc) is 2.92. The van der Waals surface area contributed by atoms with Gasteiger partial charge in [-0.15, -0.1) is 0 Å². The first-order valence-corrected chi connectivity index (χ1v) is 13.7. The summed E-state index contributed by atoms with van der Waals surface area (Å²) in [5.74, 6) is 0.796. The van der Waals surface area contributed by atoms with E-state index in [0.717, 1.165) is 9.87 Å². The summed E-state index contributed by atoms with van der Waals surface area (Å²) < 4.78 is 39.2. The van der Waals surface area contributed by atoms with Crippen LogP contribution in [0, 0.1) is 0 Å². The van der Waals surface area contributed by atoms with Crippen molar-refractivity contribution >= 4 is 27.8 Å². The Morgan fingerprint density at radius 2 is 1.74 bits per heavy atom. The zero-order valence-corrected chi connectivity index (χ0v) is 22.6. The lowest BCUT2D eigenvalue weighted by Gasteiger charge is -2.24. The molecule has 0 saturated carbocycles. The second-order valence-corrected chi connectivity index (χ2v) is 10.5. The maximum atomic E-state index is 13.5. The number of rotatable bonds is 13. The summed E-state index contributed by atoms with van der Waals surface area (Å²) >= 11 is 0. The normalized spacial score (nSPS) is 11.4. The van der Waals surface area contributed by atoms with Crippen molar-refractivity contribution in [2.75, 3.05) is 24.1 Å². The van der Waals surface area contributed by atoms with E-state index in [2.05, 4.69) is 31.0 Å². The first kappa shape index (κ1) is 28.5. The van der Waals surface area contributed by atoms with Crippen molar-refractivity contribution in [1.82, 2.24) is 5.43 Å². The van der Waals surface area contributed by atoms with Crippen molar-refractivity contribution in [2.45, 2.75) is 31.6 Å². The molecule has 0 bridgehead atoms. The van der Waals surface area contributed by atoms with Crippen LogP contribution >= 0.6 is 0 Å². The van der Waals surface area contributed by atoms with E-state index in [-0.39, 0.29) is 10.8 Å². The number of amides is 1. The van der Waals surface area contributed by atoms with E-state index in [1.165, 1.54) is 18.3 Å². The molecule has 0 aliphatic carbocycles. The van der Waals surface area contributed by atoms with Gasteiger partial charge in [-0.25, -0.2) is 13.8 Å². The highest BCUT2D eigenvalue weighted by molar-refractivity contribution is 7.92. The molecule has 0 heterocycles.